The lowest BCUT2D eigenvalue weighted by Gasteiger charge is -2.06. The van der Waals surface area contributed by atoms with Crippen LogP contribution in [0, 0.1) is 0 Å². The van der Waals surface area contributed by atoms with Crippen LogP contribution in [-0.4, -0.2) is 23.2 Å². The van der Waals surface area contributed by atoms with E-state index in [4.69, 9.17) is 0 Å². The van der Waals surface area contributed by atoms with Gasteiger partial charge in [-0.2, -0.15) is 10.2 Å². The van der Waals surface area contributed by atoms with Gasteiger partial charge in [0.05, 0.1) is 11.4 Å². The summed E-state index contributed by atoms with van der Waals surface area (Å²) in [6.45, 7) is 8.16. The maximum atomic E-state index is 12.0. The van der Waals surface area contributed by atoms with Crippen LogP contribution < -0.4 is 10.9 Å². The van der Waals surface area contributed by atoms with Gasteiger partial charge in [-0.25, -0.2) is 10.9 Å². The Hall–Kier alpha value is -2.50. The van der Waals surface area contributed by atoms with Crippen LogP contribution in [0.3, 0.4) is 0 Å². The number of carbonyl (C=O) groups is 2. The second-order valence-electron chi connectivity index (χ2n) is 9.08. The number of nitrogens with zero attached hydrogens (tertiary/aromatic N) is 2. The minimum Gasteiger partial charge on any atom is -0.273 e. The minimum absolute atomic E-state index is 0.0360. The summed E-state index contributed by atoms with van der Waals surface area (Å²) in [6, 6.07) is 7.80. The molecule has 2 N–H and O–H groups in total. The Morgan fingerprint density at radius 1 is 0.588 bits per heavy atom. The quantitative estimate of drug-likeness (QED) is 0.139. The maximum Gasteiger partial charge on any atom is 0.240 e. The third-order valence-corrected chi connectivity index (χ3v) is 5.93. The molecule has 0 aliphatic rings. The van der Waals surface area contributed by atoms with Gasteiger partial charge < -0.3 is 0 Å². The summed E-state index contributed by atoms with van der Waals surface area (Å²) in [5.74, 6) is -0.0720. The van der Waals surface area contributed by atoms with Gasteiger partial charge in [0.25, 0.3) is 0 Å². The standard InChI is InChI=1S/C28H46N4O2/c1-5-7-9-11-13-15-17-27(33)31-29-23(3)25-19-21-26(22-20-25)24(4)30-32-28(34)18-16-14-12-10-8-6-2/h19-22H,5-18H2,1-4H3,(H,31,33)(H,32,34). The molecule has 6 nitrogen and oxygen atoms in total. The molecule has 6 heteroatoms. The van der Waals surface area contributed by atoms with Gasteiger partial charge in [-0.3, -0.25) is 9.59 Å². The van der Waals surface area contributed by atoms with Crippen molar-refractivity contribution in [1.82, 2.24) is 10.9 Å². The van der Waals surface area contributed by atoms with Crippen molar-refractivity contribution in [2.75, 3.05) is 0 Å². The molecule has 0 saturated heterocycles. The minimum atomic E-state index is -0.0360. The zero-order chi connectivity index (χ0) is 25.0. The molecule has 2 amide bonds. The van der Waals surface area contributed by atoms with Crippen molar-refractivity contribution in [2.45, 2.75) is 118 Å². The van der Waals surface area contributed by atoms with Crippen molar-refractivity contribution >= 4 is 23.2 Å². The van der Waals surface area contributed by atoms with E-state index in [9.17, 15) is 9.59 Å². The van der Waals surface area contributed by atoms with Gasteiger partial charge in [-0.1, -0.05) is 102 Å². The van der Waals surface area contributed by atoms with Crippen LogP contribution in [0.1, 0.15) is 129 Å². The molecule has 0 heterocycles. The van der Waals surface area contributed by atoms with E-state index in [1.165, 1.54) is 51.4 Å². The molecule has 0 fully saturated rings. The lowest BCUT2D eigenvalue weighted by Crippen LogP contribution is -2.19. The summed E-state index contributed by atoms with van der Waals surface area (Å²) in [7, 11) is 0. The predicted molar refractivity (Wildman–Crippen MR) is 143 cm³/mol. The summed E-state index contributed by atoms with van der Waals surface area (Å²) in [4.78, 5) is 24.0. The Morgan fingerprint density at radius 3 is 1.26 bits per heavy atom. The molecular formula is C28H46N4O2. The zero-order valence-corrected chi connectivity index (χ0v) is 21.9. The number of hydrazone groups is 2. The number of rotatable bonds is 18. The summed E-state index contributed by atoms with van der Waals surface area (Å²) < 4.78 is 0. The van der Waals surface area contributed by atoms with Crippen molar-refractivity contribution in [3.63, 3.8) is 0 Å². The highest BCUT2D eigenvalue weighted by Crippen LogP contribution is 2.09. The van der Waals surface area contributed by atoms with E-state index in [1.54, 1.807) is 0 Å². The van der Waals surface area contributed by atoms with Crippen molar-refractivity contribution in [1.29, 1.82) is 0 Å². The fourth-order valence-corrected chi connectivity index (χ4v) is 3.62. The molecule has 0 aliphatic heterocycles. The Balaban J connectivity index is 2.39. The van der Waals surface area contributed by atoms with E-state index in [2.05, 4.69) is 34.9 Å². The summed E-state index contributed by atoms with van der Waals surface area (Å²) in [6.07, 6.45) is 14.9. The first kappa shape index (κ1) is 29.5. The van der Waals surface area contributed by atoms with E-state index in [-0.39, 0.29) is 11.8 Å². The molecule has 34 heavy (non-hydrogen) atoms. The van der Waals surface area contributed by atoms with E-state index in [1.807, 2.05) is 38.1 Å². The number of hydrogen-bond acceptors (Lipinski definition) is 4. The van der Waals surface area contributed by atoms with Gasteiger partial charge in [0, 0.05) is 12.8 Å². The molecule has 0 unspecified atom stereocenters. The van der Waals surface area contributed by atoms with E-state index >= 15 is 0 Å². The van der Waals surface area contributed by atoms with Crippen LogP contribution in [0.5, 0.6) is 0 Å². The molecule has 0 aliphatic carbocycles. The third-order valence-electron chi connectivity index (χ3n) is 5.93. The van der Waals surface area contributed by atoms with E-state index in [0.29, 0.717) is 12.8 Å². The molecule has 0 spiro atoms. The second kappa shape index (κ2) is 18.9. The number of unbranched alkanes of at least 4 members (excludes halogenated alkanes) is 10. The molecule has 0 bridgehead atoms. The summed E-state index contributed by atoms with van der Waals surface area (Å²) in [5, 5.41) is 8.48. The molecule has 0 aromatic heterocycles. The number of carbonyl (C=O) groups excluding carboxylic acids is 2. The molecule has 1 rings (SSSR count). The number of amides is 2. The summed E-state index contributed by atoms with van der Waals surface area (Å²) in [5.41, 5.74) is 8.70. The third kappa shape index (κ3) is 13.9. The largest absolute Gasteiger partial charge is 0.273 e. The first-order valence-corrected chi connectivity index (χ1v) is 13.2. The number of hydrogen-bond donors (Lipinski definition) is 2. The SMILES string of the molecule is CCCCCCCCC(=O)NN=C(C)c1ccc(C(C)=NNC(=O)CCCCCCCC)cc1. The van der Waals surface area contributed by atoms with Crippen LogP contribution >= 0.6 is 0 Å². The molecule has 0 saturated carbocycles. The van der Waals surface area contributed by atoms with Crippen molar-refractivity contribution in [3.05, 3.63) is 35.4 Å². The fraction of sp³-hybridized carbons (Fsp3) is 0.643. The first-order chi connectivity index (χ1) is 16.5. The average Bonchev–Trinajstić information content (AvgIpc) is 2.85. The van der Waals surface area contributed by atoms with Crippen LogP contribution in [0.2, 0.25) is 0 Å². The number of nitrogens with one attached hydrogen (secondary N) is 2. The van der Waals surface area contributed by atoms with E-state index < -0.39 is 0 Å². The van der Waals surface area contributed by atoms with Gasteiger partial charge >= 0.3 is 0 Å². The Kier molecular flexibility index (Phi) is 16.4. The highest BCUT2D eigenvalue weighted by molar-refractivity contribution is 6.02. The second-order valence-corrected chi connectivity index (χ2v) is 9.08. The van der Waals surface area contributed by atoms with Crippen LogP contribution in [0.25, 0.3) is 0 Å². The maximum absolute atomic E-state index is 12.0. The van der Waals surface area contributed by atoms with Crippen molar-refractivity contribution < 1.29 is 9.59 Å². The van der Waals surface area contributed by atoms with Gasteiger partial charge in [0.2, 0.25) is 11.8 Å². The van der Waals surface area contributed by atoms with Crippen molar-refractivity contribution in [3.8, 4) is 0 Å². The van der Waals surface area contributed by atoms with Gasteiger partial charge in [0.15, 0.2) is 0 Å². The van der Waals surface area contributed by atoms with Crippen LogP contribution in [-0.2, 0) is 9.59 Å². The topological polar surface area (TPSA) is 82.9 Å². The zero-order valence-electron chi connectivity index (χ0n) is 21.9. The van der Waals surface area contributed by atoms with E-state index in [0.717, 1.165) is 48.2 Å². The van der Waals surface area contributed by atoms with Gasteiger partial charge in [0.1, 0.15) is 0 Å². The molecule has 1 aromatic carbocycles. The Bertz CT molecular complexity index is 704. The molecule has 1 aromatic rings. The first-order valence-electron chi connectivity index (χ1n) is 13.2. The number of benzene rings is 1. The molecule has 0 radical (unpaired) electrons. The highest BCUT2D eigenvalue weighted by Gasteiger charge is 2.05. The normalized spacial score (nSPS) is 12.0. The Morgan fingerprint density at radius 2 is 0.912 bits per heavy atom. The smallest absolute Gasteiger partial charge is 0.240 e. The van der Waals surface area contributed by atoms with Crippen LogP contribution in [0.4, 0.5) is 0 Å². The monoisotopic (exact) mass is 470 g/mol. The van der Waals surface area contributed by atoms with Crippen molar-refractivity contribution in [2.24, 2.45) is 10.2 Å². The van der Waals surface area contributed by atoms with Gasteiger partial charge in [-0.05, 0) is 37.8 Å². The Labute approximate surface area is 207 Å². The molecule has 0 atom stereocenters. The molecule has 190 valence electrons. The lowest BCUT2D eigenvalue weighted by molar-refractivity contribution is -0.122. The fourth-order valence-electron chi connectivity index (χ4n) is 3.62. The molecular weight excluding hydrogens is 424 g/mol. The summed E-state index contributed by atoms with van der Waals surface area (Å²) >= 11 is 0. The lowest BCUT2D eigenvalue weighted by atomic mass is 10.1. The van der Waals surface area contributed by atoms with Crippen LogP contribution in [0.15, 0.2) is 34.5 Å². The highest BCUT2D eigenvalue weighted by atomic mass is 16.2. The predicted octanol–water partition coefficient (Wildman–Crippen LogP) is 6.87. The average molecular weight is 471 g/mol. The van der Waals surface area contributed by atoms with Gasteiger partial charge in [-0.15, -0.1) is 0 Å².